The van der Waals surface area contributed by atoms with E-state index in [4.69, 9.17) is 6.42 Å². The van der Waals surface area contributed by atoms with Crippen molar-refractivity contribution in [1.29, 1.82) is 0 Å². The van der Waals surface area contributed by atoms with Gasteiger partial charge in [-0.3, -0.25) is 0 Å². The summed E-state index contributed by atoms with van der Waals surface area (Å²) in [5.41, 5.74) is 1.93. The molecular weight excluding hydrogens is 408 g/mol. The quantitative estimate of drug-likeness (QED) is 0.589. The van der Waals surface area contributed by atoms with Gasteiger partial charge in [0, 0.05) is 0 Å². The number of carbonyl (C=O) groups excluding carboxylic acids is 1. The molecule has 0 bridgehead atoms. The minimum Gasteiger partial charge on any atom is -0.0683 e. The summed E-state index contributed by atoms with van der Waals surface area (Å²) in [4.78, 5) is 13.2. The summed E-state index contributed by atoms with van der Waals surface area (Å²) in [5, 5.41) is 0. The van der Waals surface area contributed by atoms with E-state index in [0.29, 0.717) is 0 Å². The molecule has 88 valence electrons. The molecule has 1 aromatic carbocycles. The number of hydrogen-bond acceptors (Lipinski definition) is 1. The second-order valence-corrected chi connectivity index (χ2v) is 4.41. The standard InChI is InChI=1S/C12H8AtNO.C2H6/c1-2-10-8-7-9-5-3-4-6-11(9)14(10)12(13)15;1-2/h1,3-8,10H;1-2H3. The molecule has 1 aliphatic heterocycles. The van der Waals surface area contributed by atoms with Crippen molar-refractivity contribution in [2.45, 2.75) is 19.9 Å². The summed E-state index contributed by atoms with van der Waals surface area (Å²) >= 11 is 1.11. The summed E-state index contributed by atoms with van der Waals surface area (Å²) in [5.74, 6) is 2.60. The van der Waals surface area contributed by atoms with E-state index < -0.39 is 0 Å². The van der Waals surface area contributed by atoms with Crippen LogP contribution in [0.5, 0.6) is 0 Å². The molecule has 3 heteroatoms. The fraction of sp³-hybridized carbons (Fsp3) is 0.214. The van der Waals surface area contributed by atoms with E-state index >= 15 is 0 Å². The maximum Gasteiger partial charge on any atom is -0.0683 e. The van der Waals surface area contributed by atoms with Gasteiger partial charge in [0.25, 0.3) is 0 Å². The third kappa shape index (κ3) is 2.96. The smallest absolute Gasteiger partial charge is 0.0683 e. The number of nitrogens with zero attached hydrogens (tertiary/aromatic N) is 1. The molecule has 2 nitrogen and oxygen atoms in total. The van der Waals surface area contributed by atoms with Crippen LogP contribution < -0.4 is 4.90 Å². The molecule has 17 heavy (non-hydrogen) atoms. The maximum atomic E-state index is 11.6. The summed E-state index contributed by atoms with van der Waals surface area (Å²) in [6.45, 7) is 4.00. The van der Waals surface area contributed by atoms with Crippen LogP contribution in [0.2, 0.25) is 0 Å². The van der Waals surface area contributed by atoms with Gasteiger partial charge in [-0.05, 0) is 0 Å². The average molecular weight is 422 g/mol. The fourth-order valence-electron chi connectivity index (χ4n) is 1.61. The van der Waals surface area contributed by atoms with E-state index in [9.17, 15) is 4.79 Å². The van der Waals surface area contributed by atoms with Crippen LogP contribution in [-0.4, -0.2) is 9.66 Å². The van der Waals surface area contributed by atoms with Crippen molar-refractivity contribution < 1.29 is 29.5 Å². The minimum atomic E-state index is -0.252. The Bertz CT molecular complexity index is 473. The number of hydrogen-bond donors (Lipinski definition) is 0. The second kappa shape index (κ2) is 6.57. The molecule has 1 aliphatic rings. The van der Waals surface area contributed by atoms with Gasteiger partial charge in [0.05, 0.1) is 0 Å². The Labute approximate surface area is 118 Å². The number of para-hydroxylation sites is 1. The molecule has 0 aliphatic carbocycles. The first-order chi connectivity index (χ1) is 8.24. The zero-order valence-corrected chi connectivity index (χ0v) is 12.8. The number of rotatable bonds is 0. The van der Waals surface area contributed by atoms with Crippen molar-refractivity contribution in [2.75, 3.05) is 4.90 Å². The molecule has 1 heterocycles. The molecule has 1 aromatic rings. The van der Waals surface area contributed by atoms with Crippen molar-refractivity contribution >= 4 is 15.4 Å². The van der Waals surface area contributed by atoms with Crippen LogP contribution in [0, 0.1) is 37.1 Å². The molecule has 0 N–H and O–H groups in total. The van der Waals surface area contributed by atoms with Gasteiger partial charge < -0.3 is 0 Å². The number of terminal acetylenes is 1. The van der Waals surface area contributed by atoms with Gasteiger partial charge in [-0.2, -0.15) is 0 Å². The molecule has 0 saturated heterocycles. The molecule has 2 rings (SSSR count). The summed E-state index contributed by atoms with van der Waals surface area (Å²) < 4.78 is 0.0229. The summed E-state index contributed by atoms with van der Waals surface area (Å²) in [7, 11) is 0. The summed E-state index contributed by atoms with van der Waals surface area (Å²) in [6, 6.07) is 7.49. The topological polar surface area (TPSA) is 20.3 Å². The first kappa shape index (κ1) is 13.9. The Hall–Kier alpha value is -1.13. The Balaban J connectivity index is 0.000000686. The normalized spacial score (nSPS) is 16.4. The molecule has 1 unspecified atom stereocenters. The predicted octanol–water partition coefficient (Wildman–Crippen LogP) is 3.22. The Kier molecular flexibility index (Phi) is 5.39. The zero-order valence-electron chi connectivity index (χ0n) is 9.85. The number of benzene rings is 1. The van der Waals surface area contributed by atoms with E-state index in [2.05, 4.69) is 5.92 Å². The Morgan fingerprint density at radius 1 is 1.41 bits per heavy atom. The van der Waals surface area contributed by atoms with Crippen molar-refractivity contribution in [1.82, 2.24) is 0 Å². The van der Waals surface area contributed by atoms with Gasteiger partial charge in [0.2, 0.25) is 0 Å². The fourth-order valence-corrected chi connectivity index (χ4v) is 2.38. The maximum absolute atomic E-state index is 11.6. The van der Waals surface area contributed by atoms with Crippen LogP contribution in [0.25, 0.3) is 6.08 Å². The van der Waals surface area contributed by atoms with Crippen LogP contribution in [0.4, 0.5) is 10.5 Å². The van der Waals surface area contributed by atoms with E-state index in [-0.39, 0.29) is 9.66 Å². The first-order valence-corrected chi connectivity index (χ1v) is 6.93. The molecule has 1 amide bonds. The predicted molar refractivity (Wildman–Crippen MR) is 67.3 cm³/mol. The van der Waals surface area contributed by atoms with Gasteiger partial charge in [-0.1, -0.05) is 13.8 Å². The van der Waals surface area contributed by atoms with Crippen LogP contribution in [0.15, 0.2) is 30.3 Å². The van der Waals surface area contributed by atoms with E-state index in [1.54, 1.807) is 4.90 Å². The molecule has 0 saturated carbocycles. The van der Waals surface area contributed by atoms with Crippen molar-refractivity contribution in [2.24, 2.45) is 0 Å². The molecule has 0 aromatic heterocycles. The zero-order chi connectivity index (χ0) is 12.8. The Morgan fingerprint density at radius 3 is 2.65 bits per heavy atom. The minimum absolute atomic E-state index is 0.0229. The first-order valence-electron chi connectivity index (χ1n) is 5.46. The molecule has 0 fully saturated rings. The van der Waals surface area contributed by atoms with Gasteiger partial charge in [-0.25, -0.2) is 0 Å². The van der Waals surface area contributed by atoms with Crippen LogP contribution in [0.1, 0.15) is 19.4 Å². The number of anilines is 1. The number of fused-ring (bicyclic) bond motifs is 1. The van der Waals surface area contributed by atoms with Gasteiger partial charge in [0.15, 0.2) is 0 Å². The second-order valence-electron chi connectivity index (χ2n) is 3.15. The number of amides is 1. The van der Waals surface area contributed by atoms with E-state index in [0.717, 1.165) is 36.0 Å². The van der Waals surface area contributed by atoms with Gasteiger partial charge in [-0.15, -0.1) is 0 Å². The number of carbonyl (C=O) groups is 1. The largest absolute Gasteiger partial charge is 0.0683 e. The van der Waals surface area contributed by atoms with Crippen molar-refractivity contribution in [3.63, 3.8) is 0 Å². The van der Waals surface area contributed by atoms with Crippen LogP contribution in [0.3, 0.4) is 0 Å². The van der Waals surface area contributed by atoms with E-state index in [1.807, 2.05) is 50.3 Å². The van der Waals surface area contributed by atoms with Gasteiger partial charge in [0.1, 0.15) is 0 Å². The monoisotopic (exact) mass is 422 g/mol. The van der Waals surface area contributed by atoms with Crippen molar-refractivity contribution in [3.8, 4) is 12.3 Å². The van der Waals surface area contributed by atoms with Crippen molar-refractivity contribution in [3.05, 3.63) is 35.9 Å². The van der Waals surface area contributed by atoms with Crippen LogP contribution >= 0.6 is 0 Å². The third-order valence-electron chi connectivity index (χ3n) is 2.29. The molecule has 0 spiro atoms. The molecule has 1 atom stereocenters. The third-order valence-corrected chi connectivity index (χ3v) is 3.00. The van der Waals surface area contributed by atoms with Crippen LogP contribution in [-0.2, 0) is 0 Å². The summed E-state index contributed by atoms with van der Waals surface area (Å²) in [6.07, 6.45) is 9.24. The average Bonchev–Trinajstić information content (AvgIpc) is 2.39. The van der Waals surface area contributed by atoms with E-state index in [1.165, 1.54) is 0 Å². The van der Waals surface area contributed by atoms with Gasteiger partial charge >= 0.3 is 104 Å². The molecular formula is C14H14AtNO. The molecule has 0 radical (unpaired) electrons. The SMILES string of the molecule is C#CC1C=Cc2ccccc2N1C(=O)[At].CC. The Morgan fingerprint density at radius 2 is 2.06 bits per heavy atom.